The third kappa shape index (κ3) is 5.80. The van der Waals surface area contributed by atoms with E-state index >= 15 is 0 Å². The Kier molecular flexibility index (Phi) is 6.82. The average Bonchev–Trinajstić information content (AvgIpc) is 2.44. The minimum Gasteiger partial charge on any atom is -0.368 e. The van der Waals surface area contributed by atoms with Crippen molar-refractivity contribution >= 4 is 35.8 Å². The summed E-state index contributed by atoms with van der Waals surface area (Å²) in [5, 5.41) is 2.80. The Labute approximate surface area is 153 Å². The fraction of sp³-hybridized carbons (Fsp3) is 0.444. The monoisotopic (exact) mass is 408 g/mol. The van der Waals surface area contributed by atoms with E-state index in [1.54, 1.807) is 18.2 Å². The van der Waals surface area contributed by atoms with Crippen molar-refractivity contribution in [3.8, 4) is 11.5 Å². The molecule has 6 heteroatoms. The summed E-state index contributed by atoms with van der Waals surface area (Å²) in [6, 6.07) is 6.16. The van der Waals surface area contributed by atoms with Gasteiger partial charge in [-0.1, -0.05) is 55.9 Å². The summed E-state index contributed by atoms with van der Waals surface area (Å²) in [4.78, 5) is 23.9. The fourth-order valence-corrected chi connectivity index (χ4v) is 2.97. The molecular formula is C18H25BrN2O2Si. The lowest BCUT2D eigenvalue weighted by Crippen LogP contribution is -2.44. The number of amides is 2. The average molecular weight is 409 g/mol. The van der Waals surface area contributed by atoms with Gasteiger partial charge < -0.3 is 11.1 Å². The molecule has 130 valence electrons. The van der Waals surface area contributed by atoms with E-state index in [1.165, 1.54) is 0 Å². The predicted octanol–water partition coefficient (Wildman–Crippen LogP) is 3.47. The van der Waals surface area contributed by atoms with Gasteiger partial charge in [0, 0.05) is 16.5 Å². The summed E-state index contributed by atoms with van der Waals surface area (Å²) in [5.74, 6) is 2.15. The van der Waals surface area contributed by atoms with Gasteiger partial charge in [-0.25, -0.2) is 0 Å². The number of rotatable bonds is 4. The first-order valence-electron chi connectivity index (χ1n) is 7.80. The third-order valence-electron chi connectivity index (χ3n) is 4.32. The van der Waals surface area contributed by atoms with E-state index in [-0.39, 0.29) is 17.4 Å². The number of hydrogen-bond donors (Lipinski definition) is 2. The molecule has 2 amide bonds. The van der Waals surface area contributed by atoms with Crippen molar-refractivity contribution in [1.29, 1.82) is 0 Å². The molecule has 0 aliphatic carbocycles. The first kappa shape index (κ1) is 20.5. The van der Waals surface area contributed by atoms with Gasteiger partial charge in [-0.3, -0.25) is 9.59 Å². The number of hydrogen-bond acceptors (Lipinski definition) is 2. The summed E-state index contributed by atoms with van der Waals surface area (Å²) < 4.78 is 0.795. The highest BCUT2D eigenvalue weighted by Gasteiger charge is 2.33. The lowest BCUT2D eigenvalue weighted by Gasteiger charge is -2.31. The molecule has 0 aromatic heterocycles. The van der Waals surface area contributed by atoms with Crippen LogP contribution in [0.4, 0.5) is 0 Å². The van der Waals surface area contributed by atoms with E-state index in [9.17, 15) is 9.59 Å². The van der Waals surface area contributed by atoms with E-state index in [0.717, 1.165) is 4.47 Å². The molecule has 4 nitrogen and oxygen atoms in total. The number of benzene rings is 1. The van der Waals surface area contributed by atoms with Gasteiger partial charge in [0.2, 0.25) is 5.91 Å². The quantitative estimate of drug-likeness (QED) is 0.591. The predicted molar refractivity (Wildman–Crippen MR) is 104 cm³/mol. The molecule has 0 saturated carbocycles. The molecule has 0 unspecified atom stereocenters. The number of primary amides is 1. The molecule has 0 aliphatic heterocycles. The molecule has 0 saturated heterocycles. The van der Waals surface area contributed by atoms with Crippen molar-refractivity contribution in [3.05, 3.63) is 34.3 Å². The van der Waals surface area contributed by atoms with Crippen LogP contribution in [0.2, 0.25) is 18.1 Å². The lowest BCUT2D eigenvalue weighted by atomic mass is 10.1. The van der Waals surface area contributed by atoms with Crippen LogP contribution in [0.3, 0.4) is 0 Å². The van der Waals surface area contributed by atoms with Crippen LogP contribution in [0, 0.1) is 11.5 Å². The highest BCUT2D eigenvalue weighted by atomic mass is 79.9. The van der Waals surface area contributed by atoms with Crippen molar-refractivity contribution in [2.24, 2.45) is 5.73 Å². The van der Waals surface area contributed by atoms with E-state index in [1.807, 2.05) is 6.07 Å². The Bertz CT molecular complexity index is 684. The maximum Gasteiger partial charge on any atom is 0.251 e. The van der Waals surface area contributed by atoms with Crippen LogP contribution in [0.25, 0.3) is 0 Å². The second-order valence-corrected chi connectivity index (χ2v) is 13.2. The van der Waals surface area contributed by atoms with Crippen LogP contribution in [0.5, 0.6) is 0 Å². The SMILES string of the molecule is CC(C)(C)[Si](C)(C)C#CC[C@@H](NC(=O)c1cccc(Br)c1)C(N)=O. The largest absolute Gasteiger partial charge is 0.368 e. The first-order valence-corrected chi connectivity index (χ1v) is 11.6. The van der Waals surface area contributed by atoms with Crippen molar-refractivity contribution in [3.63, 3.8) is 0 Å². The topological polar surface area (TPSA) is 72.2 Å². The van der Waals surface area contributed by atoms with E-state index in [0.29, 0.717) is 5.56 Å². The van der Waals surface area contributed by atoms with Crippen LogP contribution in [-0.2, 0) is 4.79 Å². The van der Waals surface area contributed by atoms with Gasteiger partial charge in [0.15, 0.2) is 0 Å². The molecule has 1 atom stereocenters. The minimum absolute atomic E-state index is 0.141. The Morgan fingerprint density at radius 1 is 1.33 bits per heavy atom. The highest BCUT2D eigenvalue weighted by Crippen LogP contribution is 2.35. The minimum atomic E-state index is -1.75. The van der Waals surface area contributed by atoms with Gasteiger partial charge in [0.1, 0.15) is 14.1 Å². The van der Waals surface area contributed by atoms with Gasteiger partial charge in [-0.05, 0) is 23.2 Å². The molecule has 3 N–H and O–H groups in total. The molecule has 0 bridgehead atoms. The Hall–Kier alpha value is -1.58. The molecule has 0 spiro atoms. The zero-order valence-electron chi connectivity index (χ0n) is 14.9. The number of nitrogens with one attached hydrogen (secondary N) is 1. The summed E-state index contributed by atoms with van der Waals surface area (Å²) in [6.07, 6.45) is 0.224. The number of halogens is 1. The summed E-state index contributed by atoms with van der Waals surface area (Å²) in [5.41, 5.74) is 9.20. The first-order chi connectivity index (χ1) is 10.9. The van der Waals surface area contributed by atoms with E-state index in [2.05, 4.69) is 66.6 Å². The zero-order valence-corrected chi connectivity index (χ0v) is 17.5. The molecule has 0 aliphatic rings. The second-order valence-electron chi connectivity index (χ2n) is 7.32. The maximum atomic E-state index is 12.3. The van der Waals surface area contributed by atoms with Gasteiger partial charge in [0.05, 0.1) is 0 Å². The summed E-state index contributed by atoms with van der Waals surface area (Å²) in [6.45, 7) is 10.9. The number of nitrogens with two attached hydrogens (primary N) is 1. The number of carbonyl (C=O) groups excluding carboxylic acids is 2. The van der Waals surface area contributed by atoms with Crippen molar-refractivity contribution < 1.29 is 9.59 Å². The Morgan fingerprint density at radius 3 is 2.46 bits per heavy atom. The highest BCUT2D eigenvalue weighted by molar-refractivity contribution is 9.10. The standard InChI is InChI=1S/C18H25BrN2O2Si/c1-18(2,3)24(4,5)11-7-10-15(16(20)22)21-17(23)13-8-6-9-14(19)12-13/h6,8-9,12,15H,10H2,1-5H3,(H2,20,22)(H,21,23)/t15-/m1/s1. The molecule has 1 aromatic carbocycles. The molecular weight excluding hydrogens is 384 g/mol. The molecule has 1 rings (SSSR count). The Morgan fingerprint density at radius 2 is 1.96 bits per heavy atom. The summed E-state index contributed by atoms with van der Waals surface area (Å²) >= 11 is 3.32. The lowest BCUT2D eigenvalue weighted by molar-refractivity contribution is -0.119. The molecule has 0 fully saturated rings. The molecule has 0 radical (unpaired) electrons. The van der Waals surface area contributed by atoms with Gasteiger partial charge in [-0.2, -0.15) is 0 Å². The van der Waals surface area contributed by atoms with Crippen LogP contribution >= 0.6 is 15.9 Å². The van der Waals surface area contributed by atoms with E-state index in [4.69, 9.17) is 5.73 Å². The normalized spacial score (nSPS) is 12.8. The third-order valence-corrected chi connectivity index (χ3v) is 9.36. The zero-order chi connectivity index (χ0) is 18.5. The Balaban J connectivity index is 2.83. The molecule has 0 heterocycles. The van der Waals surface area contributed by atoms with Crippen molar-refractivity contribution in [2.75, 3.05) is 0 Å². The van der Waals surface area contributed by atoms with Crippen molar-refractivity contribution in [2.45, 2.75) is 51.4 Å². The maximum absolute atomic E-state index is 12.3. The van der Waals surface area contributed by atoms with Gasteiger partial charge >= 0.3 is 0 Å². The van der Waals surface area contributed by atoms with Crippen LogP contribution in [0.1, 0.15) is 37.6 Å². The fourth-order valence-electron chi connectivity index (χ4n) is 1.66. The van der Waals surface area contributed by atoms with Gasteiger partial charge in [-0.15, -0.1) is 11.5 Å². The smallest absolute Gasteiger partial charge is 0.251 e. The second kappa shape index (κ2) is 7.99. The number of carbonyl (C=O) groups is 2. The molecule has 1 aromatic rings. The summed E-state index contributed by atoms with van der Waals surface area (Å²) in [7, 11) is -1.75. The van der Waals surface area contributed by atoms with E-state index < -0.39 is 20.0 Å². The van der Waals surface area contributed by atoms with Gasteiger partial charge in [0.25, 0.3) is 5.91 Å². The molecule has 24 heavy (non-hydrogen) atoms. The van der Waals surface area contributed by atoms with Crippen LogP contribution in [-0.4, -0.2) is 25.9 Å². The van der Waals surface area contributed by atoms with Crippen LogP contribution in [0.15, 0.2) is 28.7 Å². The van der Waals surface area contributed by atoms with Crippen molar-refractivity contribution in [1.82, 2.24) is 5.32 Å². The van der Waals surface area contributed by atoms with Crippen LogP contribution < -0.4 is 11.1 Å².